The minimum atomic E-state index is 0.357. The van der Waals surface area contributed by atoms with Gasteiger partial charge in [-0.05, 0) is 52.1 Å². The van der Waals surface area contributed by atoms with Crippen LogP contribution in [0.4, 0.5) is 0 Å². The zero-order valence-corrected chi connectivity index (χ0v) is 13.2. The van der Waals surface area contributed by atoms with Gasteiger partial charge in [-0.25, -0.2) is 0 Å². The molecule has 1 aromatic rings. The average Bonchev–Trinajstić information content (AvgIpc) is 2.84. The fourth-order valence-corrected chi connectivity index (χ4v) is 3.01. The third-order valence-electron chi connectivity index (χ3n) is 4.03. The lowest BCUT2D eigenvalue weighted by Gasteiger charge is -2.31. The monoisotopic (exact) mass is 279 g/mol. The van der Waals surface area contributed by atoms with Crippen molar-refractivity contribution in [1.82, 2.24) is 15.1 Å². The van der Waals surface area contributed by atoms with Gasteiger partial charge in [0.1, 0.15) is 0 Å². The van der Waals surface area contributed by atoms with Crippen LogP contribution in [0.3, 0.4) is 0 Å². The Bertz CT molecular complexity index is 396. The number of nitrogens with zero attached hydrogens (tertiary/aromatic N) is 2. The summed E-state index contributed by atoms with van der Waals surface area (Å²) in [4.78, 5) is 0. The van der Waals surface area contributed by atoms with Crippen molar-refractivity contribution in [3.05, 3.63) is 17.5 Å². The van der Waals surface area contributed by atoms with Crippen LogP contribution in [-0.2, 0) is 17.7 Å². The standard InChI is InChI=1S/C16H29N3O/c1-4-9-17-15(16-8-6-7-10-20-16)12-14-11-13(3)18-19(14)5-2/h11,15-17H,4-10,12H2,1-3H3. The van der Waals surface area contributed by atoms with Crippen molar-refractivity contribution in [3.8, 4) is 0 Å². The van der Waals surface area contributed by atoms with Crippen LogP contribution >= 0.6 is 0 Å². The second kappa shape index (κ2) is 7.79. The van der Waals surface area contributed by atoms with E-state index >= 15 is 0 Å². The molecule has 1 fully saturated rings. The van der Waals surface area contributed by atoms with E-state index in [1.807, 2.05) is 0 Å². The Balaban J connectivity index is 2.05. The van der Waals surface area contributed by atoms with Gasteiger partial charge in [0.15, 0.2) is 0 Å². The molecule has 2 unspecified atom stereocenters. The lowest BCUT2D eigenvalue weighted by atomic mass is 9.98. The Hall–Kier alpha value is -0.870. The summed E-state index contributed by atoms with van der Waals surface area (Å²) in [7, 11) is 0. The van der Waals surface area contributed by atoms with Gasteiger partial charge >= 0.3 is 0 Å². The fraction of sp³-hybridized carbons (Fsp3) is 0.812. The van der Waals surface area contributed by atoms with E-state index in [1.165, 1.54) is 25.0 Å². The molecule has 2 heterocycles. The molecule has 4 heteroatoms. The zero-order valence-electron chi connectivity index (χ0n) is 13.2. The largest absolute Gasteiger partial charge is 0.377 e. The molecule has 4 nitrogen and oxygen atoms in total. The highest BCUT2D eigenvalue weighted by molar-refractivity contribution is 5.11. The van der Waals surface area contributed by atoms with Crippen molar-refractivity contribution in [1.29, 1.82) is 0 Å². The molecule has 0 bridgehead atoms. The van der Waals surface area contributed by atoms with Crippen molar-refractivity contribution in [2.75, 3.05) is 13.2 Å². The third kappa shape index (κ3) is 4.06. The van der Waals surface area contributed by atoms with Gasteiger partial charge in [-0.2, -0.15) is 5.10 Å². The maximum atomic E-state index is 6.00. The number of rotatable bonds is 7. The first-order valence-corrected chi connectivity index (χ1v) is 8.12. The van der Waals surface area contributed by atoms with Crippen LogP contribution < -0.4 is 5.32 Å². The van der Waals surface area contributed by atoms with Crippen molar-refractivity contribution in [2.45, 2.75) is 71.6 Å². The molecule has 0 spiro atoms. The predicted octanol–water partition coefficient (Wildman–Crippen LogP) is 2.69. The van der Waals surface area contributed by atoms with E-state index in [-0.39, 0.29) is 0 Å². The van der Waals surface area contributed by atoms with Crippen molar-refractivity contribution >= 4 is 0 Å². The van der Waals surface area contributed by atoms with Crippen LogP contribution in [0.1, 0.15) is 50.9 Å². The van der Waals surface area contributed by atoms with Gasteiger partial charge in [0.05, 0.1) is 11.8 Å². The number of aryl methyl sites for hydroxylation is 2. The van der Waals surface area contributed by atoms with E-state index in [4.69, 9.17) is 4.74 Å². The number of hydrogen-bond donors (Lipinski definition) is 1. The smallest absolute Gasteiger partial charge is 0.0731 e. The summed E-state index contributed by atoms with van der Waals surface area (Å²) in [5.74, 6) is 0. The van der Waals surface area contributed by atoms with Gasteiger partial charge < -0.3 is 10.1 Å². The molecule has 1 aliphatic heterocycles. The summed E-state index contributed by atoms with van der Waals surface area (Å²) in [5, 5.41) is 8.24. The molecule has 0 aromatic carbocycles. The molecular weight excluding hydrogens is 250 g/mol. The van der Waals surface area contributed by atoms with Crippen LogP contribution in [-0.4, -0.2) is 35.1 Å². The Morgan fingerprint density at radius 2 is 2.30 bits per heavy atom. The average molecular weight is 279 g/mol. The zero-order chi connectivity index (χ0) is 14.4. The van der Waals surface area contributed by atoms with E-state index in [0.29, 0.717) is 12.1 Å². The van der Waals surface area contributed by atoms with Crippen LogP contribution in [0.2, 0.25) is 0 Å². The van der Waals surface area contributed by atoms with Crippen LogP contribution in [0, 0.1) is 6.92 Å². The van der Waals surface area contributed by atoms with Crippen molar-refractivity contribution < 1.29 is 4.74 Å². The highest BCUT2D eigenvalue weighted by atomic mass is 16.5. The first-order valence-electron chi connectivity index (χ1n) is 8.12. The Labute approximate surface area is 122 Å². The van der Waals surface area contributed by atoms with Gasteiger partial charge in [0, 0.05) is 31.3 Å². The topological polar surface area (TPSA) is 39.1 Å². The molecule has 0 saturated carbocycles. The predicted molar refractivity (Wildman–Crippen MR) is 82.0 cm³/mol. The Kier molecular flexibility index (Phi) is 6.05. The molecule has 114 valence electrons. The molecule has 0 amide bonds. The normalized spacial score (nSPS) is 21.1. The minimum Gasteiger partial charge on any atom is -0.377 e. The van der Waals surface area contributed by atoms with E-state index in [1.54, 1.807) is 0 Å². The third-order valence-corrected chi connectivity index (χ3v) is 4.03. The summed E-state index contributed by atoms with van der Waals surface area (Å²) in [6, 6.07) is 2.63. The molecule has 2 rings (SSSR count). The highest BCUT2D eigenvalue weighted by Gasteiger charge is 2.25. The number of aromatic nitrogens is 2. The lowest BCUT2D eigenvalue weighted by molar-refractivity contribution is -0.00774. The second-order valence-electron chi connectivity index (χ2n) is 5.76. The van der Waals surface area contributed by atoms with Crippen LogP contribution in [0.15, 0.2) is 6.07 Å². The van der Waals surface area contributed by atoms with Gasteiger partial charge in [-0.3, -0.25) is 4.68 Å². The summed E-state index contributed by atoms with van der Waals surface area (Å²) >= 11 is 0. The first kappa shape index (κ1) is 15.5. The van der Waals surface area contributed by atoms with Gasteiger partial charge in [-0.15, -0.1) is 0 Å². The first-order chi connectivity index (χ1) is 9.74. The van der Waals surface area contributed by atoms with Crippen molar-refractivity contribution in [3.63, 3.8) is 0 Å². The van der Waals surface area contributed by atoms with Gasteiger partial charge in [-0.1, -0.05) is 6.92 Å². The molecule has 20 heavy (non-hydrogen) atoms. The SMILES string of the molecule is CCCNC(Cc1cc(C)nn1CC)C1CCCCO1. The van der Waals surface area contributed by atoms with Gasteiger partial charge in [0.25, 0.3) is 0 Å². The lowest BCUT2D eigenvalue weighted by Crippen LogP contribution is -2.45. The molecule has 2 atom stereocenters. The second-order valence-corrected chi connectivity index (χ2v) is 5.76. The number of hydrogen-bond acceptors (Lipinski definition) is 3. The molecule has 1 saturated heterocycles. The quantitative estimate of drug-likeness (QED) is 0.834. The van der Waals surface area contributed by atoms with E-state index < -0.39 is 0 Å². The molecular formula is C16H29N3O. The molecule has 0 radical (unpaired) electrons. The summed E-state index contributed by atoms with van der Waals surface area (Å²) in [6.45, 7) is 9.36. The van der Waals surface area contributed by atoms with E-state index in [9.17, 15) is 0 Å². The maximum Gasteiger partial charge on any atom is 0.0731 e. The maximum absolute atomic E-state index is 6.00. The van der Waals surface area contributed by atoms with Crippen LogP contribution in [0.5, 0.6) is 0 Å². The summed E-state index contributed by atoms with van der Waals surface area (Å²) in [6.07, 6.45) is 6.22. The highest BCUT2D eigenvalue weighted by Crippen LogP contribution is 2.19. The molecule has 1 aromatic heterocycles. The fourth-order valence-electron chi connectivity index (χ4n) is 3.01. The Morgan fingerprint density at radius 1 is 1.45 bits per heavy atom. The number of ether oxygens (including phenoxy) is 1. The summed E-state index contributed by atoms with van der Waals surface area (Å²) in [5.41, 5.74) is 2.44. The van der Waals surface area contributed by atoms with Crippen LogP contribution in [0.25, 0.3) is 0 Å². The molecule has 1 N–H and O–H groups in total. The Morgan fingerprint density at radius 3 is 2.95 bits per heavy atom. The van der Waals surface area contributed by atoms with Crippen molar-refractivity contribution in [2.24, 2.45) is 0 Å². The summed E-state index contributed by atoms with van der Waals surface area (Å²) < 4.78 is 8.12. The number of nitrogens with one attached hydrogen (secondary N) is 1. The molecule has 0 aliphatic carbocycles. The van der Waals surface area contributed by atoms with E-state index in [0.717, 1.165) is 38.2 Å². The minimum absolute atomic E-state index is 0.357. The van der Waals surface area contributed by atoms with Gasteiger partial charge in [0.2, 0.25) is 0 Å². The van der Waals surface area contributed by atoms with E-state index in [2.05, 4.69) is 41.9 Å². The molecule has 1 aliphatic rings.